The van der Waals surface area contributed by atoms with Crippen molar-refractivity contribution >= 4 is 21.6 Å². The number of carbonyl (C=O) groups is 1. The standard InChI is InChI=1S/C23H29N3O3S/c1-18(24-22-13-7-9-19-8-5-6-12-21(19)22)23(27)25-14-16-26(17-15-25)30(28,29)20-10-3-2-4-11-20/h2-4,7,9-11,13,18,24H,5-6,8,12,14-17H2,1H3/t18-/m1/s1. The topological polar surface area (TPSA) is 69.7 Å². The molecule has 0 bridgehead atoms. The summed E-state index contributed by atoms with van der Waals surface area (Å²) in [6.07, 6.45) is 4.56. The zero-order valence-corrected chi connectivity index (χ0v) is 18.2. The van der Waals surface area contributed by atoms with E-state index in [1.165, 1.54) is 28.3 Å². The van der Waals surface area contributed by atoms with Crippen LogP contribution in [0, 0.1) is 0 Å². The largest absolute Gasteiger partial charge is 0.374 e. The predicted octanol–water partition coefficient (Wildman–Crippen LogP) is 2.90. The average Bonchev–Trinajstić information content (AvgIpc) is 2.79. The maximum Gasteiger partial charge on any atom is 0.244 e. The first-order chi connectivity index (χ1) is 14.5. The van der Waals surface area contributed by atoms with Crippen LogP contribution in [0.25, 0.3) is 0 Å². The molecule has 0 aromatic heterocycles. The number of carbonyl (C=O) groups excluding carboxylic acids is 1. The molecule has 30 heavy (non-hydrogen) atoms. The average molecular weight is 428 g/mol. The third-order valence-electron chi connectivity index (χ3n) is 6.07. The maximum absolute atomic E-state index is 13.0. The van der Waals surface area contributed by atoms with Crippen molar-refractivity contribution in [2.45, 2.75) is 43.5 Å². The Kier molecular flexibility index (Phi) is 6.11. The third-order valence-corrected chi connectivity index (χ3v) is 7.98. The SMILES string of the molecule is C[C@@H](Nc1cccc2c1CCCC2)C(=O)N1CCN(S(=O)(=O)c2ccccc2)CC1. The number of amides is 1. The number of hydrogen-bond acceptors (Lipinski definition) is 4. The van der Waals surface area contributed by atoms with E-state index in [0.717, 1.165) is 18.5 Å². The minimum atomic E-state index is -3.51. The summed E-state index contributed by atoms with van der Waals surface area (Å²) in [5.41, 5.74) is 3.77. The minimum absolute atomic E-state index is 0.0140. The number of anilines is 1. The Balaban J connectivity index is 1.38. The molecule has 2 aliphatic rings. The highest BCUT2D eigenvalue weighted by molar-refractivity contribution is 7.89. The van der Waals surface area contributed by atoms with Gasteiger partial charge in [-0.1, -0.05) is 30.3 Å². The van der Waals surface area contributed by atoms with Gasteiger partial charge in [-0.15, -0.1) is 0 Å². The summed E-state index contributed by atoms with van der Waals surface area (Å²) in [7, 11) is -3.51. The Bertz CT molecular complexity index is 1000. The number of nitrogens with zero attached hydrogens (tertiary/aromatic N) is 2. The lowest BCUT2D eigenvalue weighted by atomic mass is 9.90. The van der Waals surface area contributed by atoms with Crippen molar-refractivity contribution in [1.82, 2.24) is 9.21 Å². The zero-order chi connectivity index (χ0) is 21.1. The molecule has 1 heterocycles. The van der Waals surface area contributed by atoms with Crippen LogP contribution in [0.15, 0.2) is 53.4 Å². The second-order valence-electron chi connectivity index (χ2n) is 8.06. The lowest BCUT2D eigenvalue weighted by Crippen LogP contribution is -2.53. The molecule has 4 rings (SSSR count). The highest BCUT2D eigenvalue weighted by Gasteiger charge is 2.31. The van der Waals surface area contributed by atoms with Crippen molar-refractivity contribution in [3.63, 3.8) is 0 Å². The number of fused-ring (bicyclic) bond motifs is 1. The van der Waals surface area contributed by atoms with Gasteiger partial charge in [-0.2, -0.15) is 4.31 Å². The number of sulfonamides is 1. The van der Waals surface area contributed by atoms with E-state index in [9.17, 15) is 13.2 Å². The first-order valence-corrected chi connectivity index (χ1v) is 12.1. The number of rotatable bonds is 5. The van der Waals surface area contributed by atoms with Crippen LogP contribution >= 0.6 is 0 Å². The van der Waals surface area contributed by atoms with E-state index in [4.69, 9.17) is 0 Å². The molecule has 1 aliphatic carbocycles. The van der Waals surface area contributed by atoms with Gasteiger partial charge in [0, 0.05) is 31.9 Å². The summed E-state index contributed by atoms with van der Waals surface area (Å²) in [4.78, 5) is 15.1. The van der Waals surface area contributed by atoms with Crippen LogP contribution in [0.3, 0.4) is 0 Å². The van der Waals surface area contributed by atoms with Crippen molar-refractivity contribution in [1.29, 1.82) is 0 Å². The molecule has 1 saturated heterocycles. The molecule has 160 valence electrons. The van der Waals surface area contributed by atoms with Crippen LogP contribution in [0.4, 0.5) is 5.69 Å². The highest BCUT2D eigenvalue weighted by atomic mass is 32.2. The monoisotopic (exact) mass is 427 g/mol. The molecule has 0 spiro atoms. The molecule has 2 aromatic carbocycles. The molecule has 1 atom stereocenters. The maximum atomic E-state index is 13.0. The van der Waals surface area contributed by atoms with Crippen molar-refractivity contribution in [2.75, 3.05) is 31.5 Å². The molecule has 0 saturated carbocycles. The number of hydrogen-bond donors (Lipinski definition) is 1. The summed E-state index contributed by atoms with van der Waals surface area (Å²) in [6, 6.07) is 14.4. The fraction of sp³-hybridized carbons (Fsp3) is 0.435. The van der Waals surface area contributed by atoms with Gasteiger partial charge in [-0.05, 0) is 61.9 Å². The second kappa shape index (κ2) is 8.78. The molecule has 1 N–H and O–H groups in total. The van der Waals surface area contributed by atoms with Gasteiger partial charge < -0.3 is 10.2 Å². The van der Waals surface area contributed by atoms with Crippen LogP contribution in [0.5, 0.6) is 0 Å². The van der Waals surface area contributed by atoms with Crippen LogP contribution in [0.2, 0.25) is 0 Å². The van der Waals surface area contributed by atoms with Gasteiger partial charge >= 0.3 is 0 Å². The molecule has 0 unspecified atom stereocenters. The van der Waals surface area contributed by atoms with E-state index in [-0.39, 0.29) is 11.9 Å². The Labute approximate surface area is 178 Å². The Hall–Kier alpha value is -2.38. The van der Waals surface area contributed by atoms with E-state index in [0.29, 0.717) is 31.1 Å². The van der Waals surface area contributed by atoms with Gasteiger partial charge in [0.2, 0.25) is 15.9 Å². The van der Waals surface area contributed by atoms with Crippen molar-refractivity contribution < 1.29 is 13.2 Å². The molecule has 0 radical (unpaired) electrons. The number of aryl methyl sites for hydroxylation is 1. The fourth-order valence-electron chi connectivity index (χ4n) is 4.38. The number of piperazine rings is 1. The van der Waals surface area contributed by atoms with E-state index in [1.54, 1.807) is 35.2 Å². The second-order valence-corrected chi connectivity index (χ2v) is 10.00. The molecule has 1 amide bonds. The molecular weight excluding hydrogens is 398 g/mol. The quantitative estimate of drug-likeness (QED) is 0.797. The predicted molar refractivity (Wildman–Crippen MR) is 118 cm³/mol. The number of benzene rings is 2. The smallest absolute Gasteiger partial charge is 0.244 e. The van der Waals surface area contributed by atoms with E-state index < -0.39 is 10.0 Å². The normalized spacial score (nSPS) is 18.5. The number of nitrogens with one attached hydrogen (secondary N) is 1. The van der Waals surface area contributed by atoms with Crippen molar-refractivity contribution in [3.8, 4) is 0 Å². The lowest BCUT2D eigenvalue weighted by Gasteiger charge is -2.35. The van der Waals surface area contributed by atoms with Crippen LogP contribution in [-0.2, 0) is 27.7 Å². The summed E-state index contributed by atoms with van der Waals surface area (Å²) in [5, 5.41) is 3.41. The summed E-state index contributed by atoms with van der Waals surface area (Å²) < 4.78 is 27.0. The van der Waals surface area contributed by atoms with Crippen molar-refractivity contribution in [3.05, 3.63) is 59.7 Å². The fourth-order valence-corrected chi connectivity index (χ4v) is 5.82. The van der Waals surface area contributed by atoms with Gasteiger partial charge in [0.25, 0.3) is 0 Å². The van der Waals surface area contributed by atoms with E-state index >= 15 is 0 Å². The Morgan fingerprint density at radius 2 is 1.63 bits per heavy atom. The van der Waals surface area contributed by atoms with Crippen LogP contribution in [-0.4, -0.2) is 55.8 Å². The van der Waals surface area contributed by atoms with Gasteiger partial charge in [0.15, 0.2) is 0 Å². The summed E-state index contributed by atoms with van der Waals surface area (Å²) in [5.74, 6) is 0.0140. The van der Waals surface area contributed by atoms with Gasteiger partial charge in [-0.3, -0.25) is 4.79 Å². The molecular formula is C23H29N3O3S. The Morgan fingerprint density at radius 3 is 2.37 bits per heavy atom. The third kappa shape index (κ3) is 4.23. The molecule has 7 heteroatoms. The highest BCUT2D eigenvalue weighted by Crippen LogP contribution is 2.28. The van der Waals surface area contributed by atoms with Gasteiger partial charge in [0.1, 0.15) is 6.04 Å². The summed E-state index contributed by atoms with van der Waals surface area (Å²) in [6.45, 7) is 3.33. The van der Waals surface area contributed by atoms with Gasteiger partial charge in [-0.25, -0.2) is 8.42 Å². The van der Waals surface area contributed by atoms with E-state index in [2.05, 4.69) is 23.5 Å². The lowest BCUT2D eigenvalue weighted by molar-refractivity contribution is -0.132. The molecule has 2 aromatic rings. The van der Waals surface area contributed by atoms with Crippen LogP contribution in [0.1, 0.15) is 30.9 Å². The molecule has 6 nitrogen and oxygen atoms in total. The van der Waals surface area contributed by atoms with Crippen LogP contribution < -0.4 is 5.32 Å². The zero-order valence-electron chi connectivity index (χ0n) is 17.4. The minimum Gasteiger partial charge on any atom is -0.374 e. The van der Waals surface area contributed by atoms with Crippen molar-refractivity contribution in [2.24, 2.45) is 0 Å². The molecule has 1 fully saturated rings. The van der Waals surface area contributed by atoms with E-state index in [1.807, 2.05) is 6.92 Å². The first-order valence-electron chi connectivity index (χ1n) is 10.7. The molecule has 1 aliphatic heterocycles. The first kappa shape index (κ1) is 20.9. The van der Waals surface area contributed by atoms with Gasteiger partial charge in [0.05, 0.1) is 4.90 Å². The Morgan fingerprint density at radius 1 is 0.933 bits per heavy atom. The summed E-state index contributed by atoms with van der Waals surface area (Å²) >= 11 is 0.